The smallest absolute Gasteiger partial charge is 0.0701 e. The Bertz CT molecular complexity index is 765. The third kappa shape index (κ3) is 63.1. The van der Waals surface area contributed by atoms with Crippen LogP contribution in [0.5, 0.6) is 0 Å². The number of ether oxygens (including phenoxy) is 20. The van der Waals surface area contributed by atoms with Gasteiger partial charge in [0.05, 0.1) is 264 Å². The lowest BCUT2D eigenvalue weighted by molar-refractivity contribution is -0.0272. The van der Waals surface area contributed by atoms with E-state index in [0.717, 1.165) is 12.8 Å². The first kappa shape index (κ1) is 65.1. The van der Waals surface area contributed by atoms with Gasteiger partial charge in [0.2, 0.25) is 0 Å². The summed E-state index contributed by atoms with van der Waals surface area (Å²) < 4.78 is 109. The van der Waals surface area contributed by atoms with E-state index in [0.29, 0.717) is 264 Å². The molecule has 0 saturated carbocycles. The van der Waals surface area contributed by atoms with Crippen LogP contribution >= 0.6 is 0 Å². The van der Waals surface area contributed by atoms with Crippen molar-refractivity contribution in [3.63, 3.8) is 0 Å². The molecule has 66 heavy (non-hydrogen) atoms. The second-order valence-corrected chi connectivity index (χ2v) is 13.4. The van der Waals surface area contributed by atoms with E-state index in [-0.39, 0.29) is 13.2 Å². The maximum absolute atomic E-state index is 8.60. The van der Waals surface area contributed by atoms with Crippen LogP contribution in [0.15, 0.2) is 0 Å². The molecule has 398 valence electrons. The molecule has 0 aliphatic rings. The summed E-state index contributed by atoms with van der Waals surface area (Å²) in [5.74, 6) is 0. The van der Waals surface area contributed by atoms with Crippen molar-refractivity contribution in [3.8, 4) is 0 Å². The summed E-state index contributed by atoms with van der Waals surface area (Å²) in [6.45, 7) is 20.1. The van der Waals surface area contributed by atoms with E-state index >= 15 is 0 Å². The second-order valence-electron chi connectivity index (χ2n) is 13.4. The minimum Gasteiger partial charge on any atom is -0.394 e. The zero-order valence-corrected chi connectivity index (χ0v) is 40.2. The van der Waals surface area contributed by atoms with E-state index in [2.05, 4.69) is 0 Å². The summed E-state index contributed by atoms with van der Waals surface area (Å²) in [5.41, 5.74) is 0. The van der Waals surface area contributed by atoms with E-state index in [9.17, 15) is 0 Å². The summed E-state index contributed by atoms with van der Waals surface area (Å²) in [5, 5.41) is 17.2. The molecule has 22 nitrogen and oxygen atoms in total. The highest BCUT2D eigenvalue weighted by molar-refractivity contribution is 4.43. The Morgan fingerprint density at radius 1 is 0.121 bits per heavy atom. The molecule has 0 aromatic heterocycles. The van der Waals surface area contributed by atoms with Crippen LogP contribution < -0.4 is 0 Å². The highest BCUT2D eigenvalue weighted by Gasteiger charge is 1.99. The third-order valence-electron chi connectivity index (χ3n) is 7.99. The van der Waals surface area contributed by atoms with E-state index < -0.39 is 0 Å². The van der Waals surface area contributed by atoms with Crippen LogP contribution in [0, 0.1) is 0 Å². The van der Waals surface area contributed by atoms with Gasteiger partial charge in [-0.2, -0.15) is 0 Å². The lowest BCUT2D eigenvalue weighted by Gasteiger charge is -2.09. The molecule has 22 heteroatoms. The summed E-state index contributed by atoms with van der Waals surface area (Å²) in [6.07, 6.45) is 1.85. The Labute approximate surface area is 394 Å². The first-order chi connectivity index (χ1) is 32.9. The van der Waals surface area contributed by atoms with Crippen LogP contribution in [0.25, 0.3) is 0 Å². The van der Waals surface area contributed by atoms with Crippen molar-refractivity contribution in [1.82, 2.24) is 0 Å². The SMILES string of the molecule is OCCOCCOCCOCCOCCOCCOCCOCCOCCOCCOCCCCOCCOCCOCCOCCOCCOCCOCCOCCOCCOCCO. The van der Waals surface area contributed by atoms with Gasteiger partial charge in [-0.25, -0.2) is 0 Å². The number of unbranched alkanes of at least 4 members (excludes halogenated alkanes) is 1. The largest absolute Gasteiger partial charge is 0.394 e. The van der Waals surface area contributed by atoms with Gasteiger partial charge in [0.15, 0.2) is 0 Å². The van der Waals surface area contributed by atoms with E-state index in [1.807, 2.05) is 0 Å². The molecular weight excluding hydrogens is 880 g/mol. The number of hydrogen-bond donors (Lipinski definition) is 2. The molecule has 0 atom stereocenters. The molecule has 0 heterocycles. The molecule has 0 unspecified atom stereocenters. The van der Waals surface area contributed by atoms with Gasteiger partial charge in [-0.3, -0.25) is 0 Å². The topological polar surface area (TPSA) is 225 Å². The molecule has 0 bridgehead atoms. The molecule has 0 aromatic rings. The first-order valence-corrected chi connectivity index (χ1v) is 23.7. The molecule has 0 aromatic carbocycles. The van der Waals surface area contributed by atoms with Crippen LogP contribution in [0.3, 0.4) is 0 Å². The minimum atomic E-state index is 0.0202. The van der Waals surface area contributed by atoms with Gasteiger partial charge in [-0.05, 0) is 12.8 Å². The van der Waals surface area contributed by atoms with Gasteiger partial charge in [0.25, 0.3) is 0 Å². The number of hydrogen-bond acceptors (Lipinski definition) is 22. The van der Waals surface area contributed by atoms with Gasteiger partial charge < -0.3 is 105 Å². The molecule has 0 saturated heterocycles. The Hall–Kier alpha value is -0.880. The highest BCUT2D eigenvalue weighted by Crippen LogP contribution is 1.94. The maximum Gasteiger partial charge on any atom is 0.0701 e. The predicted octanol–water partition coefficient (Wildman–Crippen LogP) is 0.0832. The molecule has 0 aliphatic carbocycles. The summed E-state index contributed by atoms with van der Waals surface area (Å²) in [4.78, 5) is 0. The average molecular weight is 971 g/mol. The average Bonchev–Trinajstić information content (AvgIpc) is 3.33. The normalized spacial score (nSPS) is 11.7. The number of aliphatic hydroxyl groups is 2. The van der Waals surface area contributed by atoms with Crippen LogP contribution in [-0.2, 0) is 94.7 Å². The molecule has 0 radical (unpaired) electrons. The Kier molecular flexibility index (Phi) is 63.3. The maximum atomic E-state index is 8.60. The van der Waals surface area contributed by atoms with Crippen molar-refractivity contribution in [1.29, 1.82) is 0 Å². The van der Waals surface area contributed by atoms with Gasteiger partial charge >= 0.3 is 0 Å². The summed E-state index contributed by atoms with van der Waals surface area (Å²) in [6, 6.07) is 0. The zero-order valence-electron chi connectivity index (χ0n) is 40.2. The Balaban J connectivity index is 3.06. The fourth-order valence-corrected chi connectivity index (χ4v) is 4.70. The predicted molar refractivity (Wildman–Crippen MR) is 240 cm³/mol. The van der Waals surface area contributed by atoms with Crippen molar-refractivity contribution < 1.29 is 105 Å². The fraction of sp³-hybridized carbons (Fsp3) is 1.00. The lowest BCUT2D eigenvalue weighted by atomic mass is 10.3. The quantitative estimate of drug-likeness (QED) is 0.0771. The molecule has 0 fully saturated rings. The van der Waals surface area contributed by atoms with Gasteiger partial charge in [0, 0.05) is 13.2 Å². The minimum absolute atomic E-state index is 0.0202. The van der Waals surface area contributed by atoms with Gasteiger partial charge in [-0.15, -0.1) is 0 Å². The molecule has 0 aliphatic heterocycles. The lowest BCUT2D eigenvalue weighted by Crippen LogP contribution is -2.15. The fourth-order valence-electron chi connectivity index (χ4n) is 4.70. The van der Waals surface area contributed by atoms with Crippen molar-refractivity contribution in [2.75, 3.05) is 277 Å². The van der Waals surface area contributed by atoms with Crippen molar-refractivity contribution in [2.24, 2.45) is 0 Å². The first-order valence-electron chi connectivity index (χ1n) is 23.7. The molecule has 0 amide bonds. The Morgan fingerprint density at radius 2 is 0.212 bits per heavy atom. The molecule has 2 N–H and O–H groups in total. The van der Waals surface area contributed by atoms with Crippen LogP contribution in [0.1, 0.15) is 12.8 Å². The second kappa shape index (κ2) is 64.1. The van der Waals surface area contributed by atoms with Gasteiger partial charge in [0.1, 0.15) is 0 Å². The van der Waals surface area contributed by atoms with Crippen LogP contribution in [0.4, 0.5) is 0 Å². The third-order valence-corrected chi connectivity index (χ3v) is 7.99. The van der Waals surface area contributed by atoms with Crippen LogP contribution in [0.2, 0.25) is 0 Å². The van der Waals surface area contributed by atoms with Crippen molar-refractivity contribution in [2.45, 2.75) is 12.8 Å². The number of aliphatic hydroxyl groups excluding tert-OH is 2. The number of rotatable bonds is 63. The standard InChI is InChI=1S/C44H90O22/c45-3-7-49-11-15-53-19-23-57-27-31-61-35-39-65-43-41-63-37-33-59-29-25-55-21-17-51-13-9-47-5-1-2-6-48-10-14-52-18-22-56-26-30-60-34-38-64-42-44-66-40-36-62-32-28-58-24-20-54-16-12-50-8-4-46/h45-46H,1-44H2. The van der Waals surface area contributed by atoms with Crippen molar-refractivity contribution in [3.05, 3.63) is 0 Å². The van der Waals surface area contributed by atoms with E-state index in [1.165, 1.54) is 0 Å². The van der Waals surface area contributed by atoms with E-state index in [1.54, 1.807) is 0 Å². The summed E-state index contributed by atoms with van der Waals surface area (Å²) >= 11 is 0. The highest BCUT2D eigenvalue weighted by atomic mass is 16.6. The zero-order chi connectivity index (χ0) is 47.3. The Morgan fingerprint density at radius 3 is 0.318 bits per heavy atom. The summed E-state index contributed by atoms with van der Waals surface area (Å²) in [7, 11) is 0. The van der Waals surface area contributed by atoms with Crippen molar-refractivity contribution >= 4 is 0 Å². The molecule has 0 spiro atoms. The van der Waals surface area contributed by atoms with E-state index in [4.69, 9.17) is 105 Å². The molecular formula is C44H90O22. The molecule has 0 rings (SSSR count). The van der Waals surface area contributed by atoms with Crippen LogP contribution in [-0.4, -0.2) is 288 Å². The monoisotopic (exact) mass is 971 g/mol. The van der Waals surface area contributed by atoms with Gasteiger partial charge in [-0.1, -0.05) is 0 Å².